The molecular formula is C25H27ClN4O4. The van der Waals surface area contributed by atoms with Crippen LogP contribution in [0.2, 0.25) is 5.02 Å². The Labute approximate surface area is 202 Å². The Morgan fingerprint density at radius 2 is 1.82 bits per heavy atom. The van der Waals surface area contributed by atoms with Crippen LogP contribution in [-0.2, 0) is 0 Å². The number of rotatable bonds is 7. The van der Waals surface area contributed by atoms with Gasteiger partial charge in [0.15, 0.2) is 5.75 Å². The van der Waals surface area contributed by atoms with Gasteiger partial charge in [-0.1, -0.05) is 37.4 Å². The fourth-order valence-electron chi connectivity index (χ4n) is 4.78. The number of halogens is 1. The molecule has 1 amide bonds. The summed E-state index contributed by atoms with van der Waals surface area (Å²) in [4.78, 5) is 41.9. The standard InChI is InChI=1S/C25H27ClN4O4/c1-13-7-6-12-28-17(13)23(25(2)10-4-5-11-25)30-19-18(21(32)22(19)33)29-15-9-8-14(26)16(20(15)31)24(34)27-3/h6-9,12,23,29-31H,4-5,10-11H2,1-3H3,(H,27,34)/t23-/m0/s1. The molecule has 1 atom stereocenters. The van der Waals surface area contributed by atoms with Gasteiger partial charge in [-0.05, 0) is 48.9 Å². The summed E-state index contributed by atoms with van der Waals surface area (Å²) in [7, 11) is 1.42. The van der Waals surface area contributed by atoms with Crippen molar-refractivity contribution in [2.75, 3.05) is 17.7 Å². The van der Waals surface area contributed by atoms with Gasteiger partial charge in [0.1, 0.15) is 16.9 Å². The van der Waals surface area contributed by atoms with Crippen molar-refractivity contribution in [3.63, 3.8) is 0 Å². The molecule has 1 aliphatic rings. The lowest BCUT2D eigenvalue weighted by Gasteiger charge is -2.36. The monoisotopic (exact) mass is 482 g/mol. The van der Waals surface area contributed by atoms with Crippen molar-refractivity contribution in [1.82, 2.24) is 10.3 Å². The van der Waals surface area contributed by atoms with Gasteiger partial charge in [-0.3, -0.25) is 19.4 Å². The minimum atomic E-state index is -0.702. The minimum absolute atomic E-state index is 0.0330. The summed E-state index contributed by atoms with van der Waals surface area (Å²) in [6.45, 7) is 4.15. The Kier molecular flexibility index (Phi) is 6.36. The second-order valence-electron chi connectivity index (χ2n) is 9.07. The second-order valence-corrected chi connectivity index (χ2v) is 9.48. The van der Waals surface area contributed by atoms with E-state index >= 15 is 0 Å². The van der Waals surface area contributed by atoms with Crippen LogP contribution >= 0.6 is 11.6 Å². The van der Waals surface area contributed by atoms with E-state index in [9.17, 15) is 19.5 Å². The lowest BCUT2D eigenvalue weighted by molar-refractivity contribution is 0.0960. The smallest absolute Gasteiger partial charge is 0.256 e. The molecule has 1 heterocycles. The highest BCUT2D eigenvalue weighted by atomic mass is 35.5. The number of carbonyl (C=O) groups is 1. The maximum absolute atomic E-state index is 12.6. The topological polar surface area (TPSA) is 120 Å². The summed E-state index contributed by atoms with van der Waals surface area (Å²) in [5.41, 5.74) is 0.488. The van der Waals surface area contributed by atoms with Crippen molar-refractivity contribution < 1.29 is 9.90 Å². The molecule has 1 aliphatic carbocycles. The normalized spacial score (nSPS) is 15.8. The predicted molar refractivity (Wildman–Crippen MR) is 133 cm³/mol. The summed E-state index contributed by atoms with van der Waals surface area (Å²) in [6.07, 6.45) is 5.82. The Morgan fingerprint density at radius 1 is 1.15 bits per heavy atom. The zero-order valence-corrected chi connectivity index (χ0v) is 20.0. The van der Waals surface area contributed by atoms with E-state index in [2.05, 4.69) is 27.9 Å². The van der Waals surface area contributed by atoms with Gasteiger partial charge in [0.05, 0.1) is 22.4 Å². The number of aromatic hydroxyl groups is 1. The summed E-state index contributed by atoms with van der Waals surface area (Å²) < 4.78 is 0. The van der Waals surface area contributed by atoms with E-state index < -0.39 is 22.5 Å². The van der Waals surface area contributed by atoms with Gasteiger partial charge in [0.25, 0.3) is 16.8 Å². The van der Waals surface area contributed by atoms with Crippen LogP contribution < -0.4 is 26.8 Å². The molecule has 0 aliphatic heterocycles. The largest absolute Gasteiger partial charge is 0.505 e. The number of amides is 1. The zero-order valence-electron chi connectivity index (χ0n) is 19.3. The van der Waals surface area contributed by atoms with Crippen LogP contribution in [-0.4, -0.2) is 23.0 Å². The van der Waals surface area contributed by atoms with Gasteiger partial charge in [0.2, 0.25) is 0 Å². The molecule has 34 heavy (non-hydrogen) atoms. The third-order valence-electron chi connectivity index (χ3n) is 6.81. The molecular weight excluding hydrogens is 456 g/mol. The molecule has 1 saturated carbocycles. The van der Waals surface area contributed by atoms with E-state index in [-0.39, 0.29) is 39.1 Å². The summed E-state index contributed by atoms with van der Waals surface area (Å²) in [5, 5.41) is 19.3. The summed E-state index contributed by atoms with van der Waals surface area (Å²) >= 11 is 6.08. The molecule has 178 valence electrons. The summed E-state index contributed by atoms with van der Waals surface area (Å²) in [5.74, 6) is -0.986. The lowest BCUT2D eigenvalue weighted by Crippen LogP contribution is -2.40. The first-order chi connectivity index (χ1) is 16.2. The molecule has 0 bridgehead atoms. The van der Waals surface area contributed by atoms with Crippen molar-refractivity contribution in [3.8, 4) is 5.75 Å². The minimum Gasteiger partial charge on any atom is -0.505 e. The fraction of sp³-hybridized carbons (Fsp3) is 0.360. The van der Waals surface area contributed by atoms with Crippen LogP contribution in [0.3, 0.4) is 0 Å². The van der Waals surface area contributed by atoms with Gasteiger partial charge in [-0.2, -0.15) is 0 Å². The molecule has 3 aromatic rings. The first-order valence-electron chi connectivity index (χ1n) is 11.2. The molecule has 1 fully saturated rings. The van der Waals surface area contributed by atoms with Gasteiger partial charge in [0, 0.05) is 13.2 Å². The van der Waals surface area contributed by atoms with Crippen LogP contribution in [0, 0.1) is 12.3 Å². The van der Waals surface area contributed by atoms with Crippen LogP contribution in [0.5, 0.6) is 5.75 Å². The lowest BCUT2D eigenvalue weighted by atomic mass is 9.77. The highest BCUT2D eigenvalue weighted by molar-refractivity contribution is 6.34. The number of benzene rings is 1. The van der Waals surface area contributed by atoms with E-state index in [1.54, 1.807) is 6.20 Å². The van der Waals surface area contributed by atoms with E-state index in [4.69, 9.17) is 11.6 Å². The first kappa shape index (κ1) is 23.8. The molecule has 0 spiro atoms. The molecule has 2 aromatic carbocycles. The van der Waals surface area contributed by atoms with E-state index in [1.807, 2.05) is 19.1 Å². The number of aromatic nitrogens is 1. The van der Waals surface area contributed by atoms with Crippen molar-refractivity contribution in [2.45, 2.75) is 45.6 Å². The van der Waals surface area contributed by atoms with Crippen molar-refractivity contribution in [3.05, 3.63) is 72.8 Å². The number of hydrogen-bond acceptors (Lipinski definition) is 7. The molecule has 1 aromatic heterocycles. The highest BCUT2D eigenvalue weighted by Crippen LogP contribution is 2.49. The fourth-order valence-corrected chi connectivity index (χ4v) is 5.02. The SMILES string of the molecule is CNC(=O)c1c(Cl)ccc(Nc2c(N[C@@H](c3ncccc3C)C3(C)CCCC3)c(=O)c2=O)c1O. The highest BCUT2D eigenvalue weighted by Gasteiger charge is 2.41. The van der Waals surface area contributed by atoms with Gasteiger partial charge < -0.3 is 21.1 Å². The Bertz CT molecular complexity index is 1320. The maximum atomic E-state index is 12.6. The number of phenolic OH excluding ortho intramolecular Hbond substituents is 1. The molecule has 0 unspecified atom stereocenters. The Hall–Kier alpha value is -3.39. The van der Waals surface area contributed by atoms with Crippen molar-refractivity contribution >= 4 is 34.6 Å². The van der Waals surface area contributed by atoms with Crippen molar-refractivity contribution in [2.24, 2.45) is 5.41 Å². The third-order valence-corrected chi connectivity index (χ3v) is 7.12. The molecule has 0 radical (unpaired) electrons. The molecule has 8 nitrogen and oxygen atoms in total. The average Bonchev–Trinajstić information content (AvgIpc) is 3.27. The third kappa shape index (κ3) is 4.03. The van der Waals surface area contributed by atoms with Crippen LogP contribution in [0.25, 0.3) is 0 Å². The van der Waals surface area contributed by atoms with Crippen LogP contribution in [0.4, 0.5) is 17.1 Å². The Morgan fingerprint density at radius 3 is 2.47 bits per heavy atom. The van der Waals surface area contributed by atoms with Gasteiger partial charge >= 0.3 is 0 Å². The maximum Gasteiger partial charge on any atom is 0.256 e. The summed E-state index contributed by atoms with van der Waals surface area (Å²) in [6, 6.07) is 6.45. The van der Waals surface area contributed by atoms with Crippen LogP contribution in [0.15, 0.2) is 40.1 Å². The number of pyridine rings is 1. The van der Waals surface area contributed by atoms with Crippen molar-refractivity contribution in [1.29, 1.82) is 0 Å². The number of phenols is 1. The van der Waals surface area contributed by atoms with E-state index in [0.717, 1.165) is 36.9 Å². The number of nitrogens with one attached hydrogen (secondary N) is 3. The molecule has 4 rings (SSSR count). The number of aryl methyl sites for hydroxylation is 1. The van der Waals surface area contributed by atoms with Gasteiger partial charge in [-0.25, -0.2) is 0 Å². The Balaban J connectivity index is 1.72. The number of carbonyl (C=O) groups excluding carboxylic acids is 1. The number of nitrogens with zero attached hydrogens (tertiary/aromatic N) is 1. The molecule has 0 saturated heterocycles. The quantitative estimate of drug-likeness (QED) is 0.294. The van der Waals surface area contributed by atoms with E-state index in [1.165, 1.54) is 19.2 Å². The predicted octanol–water partition coefficient (Wildman–Crippen LogP) is 4.18. The molecule has 9 heteroatoms. The first-order valence-corrected chi connectivity index (χ1v) is 11.6. The zero-order chi connectivity index (χ0) is 24.6. The van der Waals surface area contributed by atoms with Crippen LogP contribution in [0.1, 0.15) is 60.3 Å². The molecule has 4 N–H and O–H groups in total. The number of hydrogen-bond donors (Lipinski definition) is 4. The van der Waals surface area contributed by atoms with E-state index in [0.29, 0.717) is 0 Å². The second kappa shape index (κ2) is 9.10. The van der Waals surface area contributed by atoms with Gasteiger partial charge in [-0.15, -0.1) is 0 Å². The average molecular weight is 483 g/mol. The number of anilines is 3.